The van der Waals surface area contributed by atoms with E-state index in [2.05, 4.69) is 0 Å². The van der Waals surface area contributed by atoms with Gasteiger partial charge in [-0.15, -0.1) is 0 Å². The predicted octanol–water partition coefficient (Wildman–Crippen LogP) is -0.403. The summed E-state index contributed by atoms with van der Waals surface area (Å²) in [7, 11) is -4.86. The zero-order valence-electron chi connectivity index (χ0n) is 9.99. The molecule has 3 N–H and O–H groups in total. The number of nitrogens with one attached hydrogen (secondary N) is 1. The average Bonchev–Trinajstić information content (AvgIpc) is 2.34. The van der Waals surface area contributed by atoms with E-state index in [0.29, 0.717) is 0 Å². The van der Waals surface area contributed by atoms with Crippen molar-refractivity contribution in [1.82, 2.24) is 4.72 Å². The Balaban J connectivity index is 3.35. The summed E-state index contributed by atoms with van der Waals surface area (Å²) in [6.07, 6.45) is 0. The van der Waals surface area contributed by atoms with Crippen LogP contribution in [0.4, 0.5) is 14.5 Å². The van der Waals surface area contributed by atoms with E-state index in [1.807, 2.05) is 0 Å². The van der Waals surface area contributed by atoms with E-state index < -0.39 is 55.8 Å². The molecular formula is C9H8F2N2O7S. The Labute approximate surface area is 116 Å². The normalized spacial score (nSPS) is 12.9. The minimum absolute atomic E-state index is 0.0125. The van der Waals surface area contributed by atoms with Crippen molar-refractivity contribution in [2.75, 3.05) is 6.61 Å². The van der Waals surface area contributed by atoms with Gasteiger partial charge in [0.1, 0.15) is 16.8 Å². The maximum Gasteiger partial charge on any atom is 0.324 e. The Bertz CT molecular complexity index is 692. The monoisotopic (exact) mass is 326 g/mol. The van der Waals surface area contributed by atoms with Gasteiger partial charge in [-0.05, 0) is 0 Å². The van der Waals surface area contributed by atoms with E-state index >= 15 is 0 Å². The van der Waals surface area contributed by atoms with E-state index in [-0.39, 0.29) is 12.1 Å². The quantitative estimate of drug-likeness (QED) is 0.476. The van der Waals surface area contributed by atoms with Gasteiger partial charge >= 0.3 is 11.7 Å². The van der Waals surface area contributed by atoms with Crippen LogP contribution in [0.2, 0.25) is 0 Å². The Morgan fingerprint density at radius 3 is 2.38 bits per heavy atom. The molecule has 0 unspecified atom stereocenters. The third-order valence-corrected chi connectivity index (χ3v) is 3.75. The van der Waals surface area contributed by atoms with Crippen molar-refractivity contribution in [2.24, 2.45) is 0 Å². The summed E-state index contributed by atoms with van der Waals surface area (Å²) in [6.45, 7) is -1.14. The molecule has 1 aromatic rings. The van der Waals surface area contributed by atoms with Crippen LogP contribution < -0.4 is 4.72 Å². The fourth-order valence-electron chi connectivity index (χ4n) is 1.28. The van der Waals surface area contributed by atoms with Gasteiger partial charge in [-0.3, -0.25) is 14.9 Å². The summed E-state index contributed by atoms with van der Waals surface area (Å²) in [5.74, 6) is -4.99. The zero-order valence-corrected chi connectivity index (χ0v) is 10.8. The number of aliphatic carboxylic acids is 1. The molecule has 0 saturated carbocycles. The second-order valence-electron chi connectivity index (χ2n) is 3.69. The Hall–Kier alpha value is -2.18. The minimum Gasteiger partial charge on any atom is -0.480 e. The highest BCUT2D eigenvalue weighted by atomic mass is 32.2. The van der Waals surface area contributed by atoms with Crippen LogP contribution in [0.3, 0.4) is 0 Å². The first kappa shape index (κ1) is 16.9. The van der Waals surface area contributed by atoms with Crippen LogP contribution in [0.15, 0.2) is 17.0 Å². The molecule has 0 fully saturated rings. The highest BCUT2D eigenvalue weighted by Gasteiger charge is 2.30. The van der Waals surface area contributed by atoms with Gasteiger partial charge < -0.3 is 10.2 Å². The number of nitrogens with zero attached hydrogens (tertiary/aromatic N) is 1. The number of carboxylic acids is 1. The molecule has 0 amide bonds. The fraction of sp³-hybridized carbons (Fsp3) is 0.222. The summed E-state index contributed by atoms with van der Waals surface area (Å²) in [6, 6.07) is -1.89. The number of hydrogen-bond acceptors (Lipinski definition) is 6. The van der Waals surface area contributed by atoms with Gasteiger partial charge in [0, 0.05) is 12.1 Å². The lowest BCUT2D eigenvalue weighted by molar-refractivity contribution is -0.387. The molecule has 0 radical (unpaired) electrons. The number of hydrogen-bond donors (Lipinski definition) is 3. The maximum atomic E-state index is 13.5. The third-order valence-electron chi connectivity index (χ3n) is 2.27. The third kappa shape index (κ3) is 3.68. The molecule has 1 atom stereocenters. The molecule has 0 aliphatic rings. The second kappa shape index (κ2) is 6.07. The molecule has 21 heavy (non-hydrogen) atoms. The average molecular weight is 326 g/mol. The van der Waals surface area contributed by atoms with Crippen LogP contribution in [0.1, 0.15) is 0 Å². The molecule has 0 bridgehead atoms. The van der Waals surface area contributed by atoms with Crippen LogP contribution in [-0.4, -0.2) is 42.2 Å². The van der Waals surface area contributed by atoms with E-state index in [1.54, 1.807) is 0 Å². The molecule has 0 spiro atoms. The lowest BCUT2D eigenvalue weighted by Gasteiger charge is -2.12. The van der Waals surface area contributed by atoms with Gasteiger partial charge in [0.15, 0.2) is 0 Å². The topological polar surface area (TPSA) is 147 Å². The number of nitro benzene ring substituents is 1. The SMILES string of the molecule is O=C(O)[C@H](CO)NS(=O)(=O)c1cc([N+](=O)[O-])c(F)cc1F. The fourth-order valence-corrected chi connectivity index (χ4v) is 2.54. The highest BCUT2D eigenvalue weighted by molar-refractivity contribution is 7.89. The molecule has 1 rings (SSSR count). The number of halogens is 2. The number of carbonyl (C=O) groups is 1. The molecule has 1 aromatic carbocycles. The minimum atomic E-state index is -4.86. The standard InChI is InChI=1S/C9H8F2N2O7S/c10-4-1-5(11)8(2-7(4)13(17)18)21(19,20)12-6(3-14)9(15)16/h1-2,6,12,14H,3H2,(H,15,16)/t6-/m0/s1. The smallest absolute Gasteiger partial charge is 0.324 e. The molecule has 12 heteroatoms. The molecule has 116 valence electrons. The number of aliphatic hydroxyl groups excluding tert-OH is 1. The maximum absolute atomic E-state index is 13.5. The Morgan fingerprint density at radius 2 is 1.95 bits per heavy atom. The van der Waals surface area contributed by atoms with Gasteiger partial charge in [0.2, 0.25) is 15.8 Å². The number of rotatable bonds is 6. The molecule has 0 aromatic heterocycles. The van der Waals surface area contributed by atoms with Crippen molar-refractivity contribution in [2.45, 2.75) is 10.9 Å². The second-order valence-corrected chi connectivity index (χ2v) is 5.37. The lowest BCUT2D eigenvalue weighted by atomic mass is 10.3. The van der Waals surface area contributed by atoms with E-state index in [1.165, 1.54) is 4.72 Å². The summed E-state index contributed by atoms with van der Waals surface area (Å²) >= 11 is 0. The number of benzene rings is 1. The summed E-state index contributed by atoms with van der Waals surface area (Å²) < 4.78 is 51.5. The van der Waals surface area contributed by atoms with Crippen LogP contribution in [0.5, 0.6) is 0 Å². The van der Waals surface area contributed by atoms with E-state index in [4.69, 9.17) is 10.2 Å². The van der Waals surface area contributed by atoms with Crippen molar-refractivity contribution < 1.29 is 37.1 Å². The zero-order chi connectivity index (χ0) is 16.4. The summed E-state index contributed by atoms with van der Waals surface area (Å²) in [5.41, 5.74) is -1.30. The molecular weight excluding hydrogens is 318 g/mol. The van der Waals surface area contributed by atoms with Crippen molar-refractivity contribution >= 4 is 21.7 Å². The summed E-state index contributed by atoms with van der Waals surface area (Å²) in [5, 5.41) is 27.8. The van der Waals surface area contributed by atoms with Crippen LogP contribution >= 0.6 is 0 Å². The number of nitro groups is 1. The Kier molecular flexibility index (Phi) is 4.88. The molecule has 0 saturated heterocycles. The Morgan fingerprint density at radius 1 is 1.38 bits per heavy atom. The molecule has 0 heterocycles. The van der Waals surface area contributed by atoms with Crippen molar-refractivity contribution in [3.05, 3.63) is 33.9 Å². The van der Waals surface area contributed by atoms with Gasteiger partial charge in [-0.2, -0.15) is 9.11 Å². The van der Waals surface area contributed by atoms with Crippen molar-refractivity contribution in [1.29, 1.82) is 0 Å². The largest absolute Gasteiger partial charge is 0.480 e. The van der Waals surface area contributed by atoms with Crippen LogP contribution in [0, 0.1) is 21.7 Å². The van der Waals surface area contributed by atoms with Gasteiger partial charge in [-0.25, -0.2) is 12.8 Å². The van der Waals surface area contributed by atoms with Crippen molar-refractivity contribution in [3.8, 4) is 0 Å². The number of aliphatic hydroxyl groups is 1. The molecule has 9 nitrogen and oxygen atoms in total. The first-order valence-corrected chi connectivity index (χ1v) is 6.58. The lowest BCUT2D eigenvalue weighted by Crippen LogP contribution is -2.43. The molecule has 0 aliphatic heterocycles. The predicted molar refractivity (Wildman–Crippen MR) is 61.8 cm³/mol. The first-order valence-electron chi connectivity index (χ1n) is 5.09. The van der Waals surface area contributed by atoms with Crippen LogP contribution in [0.25, 0.3) is 0 Å². The number of carboxylic acid groups (broad SMARTS) is 1. The van der Waals surface area contributed by atoms with E-state index in [9.17, 15) is 32.1 Å². The molecule has 0 aliphatic carbocycles. The van der Waals surface area contributed by atoms with Gasteiger partial charge in [-0.1, -0.05) is 0 Å². The van der Waals surface area contributed by atoms with E-state index in [0.717, 1.165) is 0 Å². The first-order chi connectivity index (χ1) is 9.60. The van der Waals surface area contributed by atoms with Crippen LogP contribution in [-0.2, 0) is 14.8 Å². The summed E-state index contributed by atoms with van der Waals surface area (Å²) in [4.78, 5) is 18.5. The highest BCUT2D eigenvalue weighted by Crippen LogP contribution is 2.24. The van der Waals surface area contributed by atoms with Gasteiger partial charge in [0.05, 0.1) is 11.5 Å². The number of sulfonamides is 1. The van der Waals surface area contributed by atoms with Gasteiger partial charge in [0.25, 0.3) is 0 Å². The van der Waals surface area contributed by atoms with Crippen molar-refractivity contribution in [3.63, 3.8) is 0 Å².